The van der Waals surface area contributed by atoms with Crippen LogP contribution < -0.4 is 5.73 Å². The Morgan fingerprint density at radius 1 is 1.10 bits per heavy atom. The van der Waals surface area contributed by atoms with E-state index in [-0.39, 0.29) is 0 Å². The van der Waals surface area contributed by atoms with Crippen molar-refractivity contribution in [3.63, 3.8) is 0 Å². The molecule has 0 amide bonds. The Morgan fingerprint density at radius 2 is 1.76 bits per heavy atom. The summed E-state index contributed by atoms with van der Waals surface area (Å²) in [5, 5.41) is 10.4. The molecular weight excluding hydrogens is 268 g/mol. The average Bonchev–Trinajstić information content (AvgIpc) is 2.52. The molecule has 5 heteroatoms. The van der Waals surface area contributed by atoms with E-state index in [1.54, 1.807) is 14.2 Å². The predicted octanol–water partition coefficient (Wildman–Crippen LogP) is 1.16. The smallest absolute Gasteiger partial charge is 0.0916 e. The molecule has 1 aromatic rings. The molecule has 0 aliphatic heterocycles. The van der Waals surface area contributed by atoms with Crippen LogP contribution in [0.4, 0.5) is 0 Å². The lowest BCUT2D eigenvalue weighted by molar-refractivity contribution is 0.0818. The monoisotopic (exact) mass is 296 g/mol. The van der Waals surface area contributed by atoms with Gasteiger partial charge in [0, 0.05) is 47.0 Å². The van der Waals surface area contributed by atoms with E-state index in [1.165, 1.54) is 0 Å². The van der Waals surface area contributed by atoms with Crippen LogP contribution in [0.3, 0.4) is 0 Å². The fourth-order valence-electron chi connectivity index (χ4n) is 2.17. The minimum absolute atomic E-state index is 0.503. The number of methoxy groups -OCH3 is 2. The number of ether oxygens (including phenoxy) is 2. The van der Waals surface area contributed by atoms with Gasteiger partial charge in [0.2, 0.25) is 0 Å². The van der Waals surface area contributed by atoms with Crippen LogP contribution in [0.1, 0.15) is 23.7 Å². The Kier molecular flexibility index (Phi) is 9.21. The topological polar surface area (TPSA) is 68.0 Å². The summed E-state index contributed by atoms with van der Waals surface area (Å²) in [6.07, 6.45) is 0.440. The number of rotatable bonds is 11. The van der Waals surface area contributed by atoms with Gasteiger partial charge in [-0.15, -0.1) is 0 Å². The molecule has 1 unspecified atom stereocenters. The van der Waals surface area contributed by atoms with Gasteiger partial charge in [0.25, 0.3) is 0 Å². The highest BCUT2D eigenvalue weighted by molar-refractivity contribution is 5.24. The van der Waals surface area contributed by atoms with E-state index in [2.05, 4.69) is 4.90 Å². The van der Waals surface area contributed by atoms with Gasteiger partial charge in [0.1, 0.15) is 0 Å². The normalized spacial score (nSPS) is 12.8. The van der Waals surface area contributed by atoms with Gasteiger partial charge >= 0.3 is 0 Å². The molecule has 0 heterocycles. The molecule has 0 radical (unpaired) electrons. The van der Waals surface area contributed by atoms with E-state index in [0.717, 1.165) is 37.2 Å². The van der Waals surface area contributed by atoms with E-state index >= 15 is 0 Å². The molecule has 0 aromatic heterocycles. The summed E-state index contributed by atoms with van der Waals surface area (Å²) in [6, 6.07) is 7.80. The van der Waals surface area contributed by atoms with Crippen molar-refractivity contribution in [2.24, 2.45) is 5.73 Å². The molecule has 0 aliphatic rings. The molecule has 0 spiro atoms. The Labute approximate surface area is 127 Å². The van der Waals surface area contributed by atoms with Crippen molar-refractivity contribution in [3.8, 4) is 0 Å². The van der Waals surface area contributed by atoms with Gasteiger partial charge in [0.15, 0.2) is 0 Å². The van der Waals surface area contributed by atoms with Gasteiger partial charge in [-0.1, -0.05) is 24.3 Å². The molecule has 0 fully saturated rings. The van der Waals surface area contributed by atoms with Crippen LogP contribution in [0.5, 0.6) is 0 Å². The standard InChI is InChI=1S/C16H28N2O3/c1-20-10-3-8-18(9-11-21-2)13-16(19)15-6-4-14(12-17)5-7-15/h4-7,16,19H,3,8-13,17H2,1-2H3. The number of nitrogens with zero attached hydrogens (tertiary/aromatic N) is 1. The minimum Gasteiger partial charge on any atom is -0.387 e. The number of hydrogen-bond acceptors (Lipinski definition) is 5. The zero-order chi connectivity index (χ0) is 15.5. The van der Waals surface area contributed by atoms with Crippen molar-refractivity contribution in [2.75, 3.05) is 47.1 Å². The molecule has 0 saturated heterocycles. The molecule has 1 rings (SSSR count). The summed E-state index contributed by atoms with van der Waals surface area (Å²) in [4.78, 5) is 2.20. The zero-order valence-corrected chi connectivity index (χ0v) is 13.1. The molecule has 1 atom stereocenters. The van der Waals surface area contributed by atoms with Crippen molar-refractivity contribution in [1.29, 1.82) is 0 Å². The lowest BCUT2D eigenvalue weighted by atomic mass is 10.1. The number of nitrogens with two attached hydrogens (primary N) is 1. The van der Waals surface area contributed by atoms with E-state index in [1.807, 2.05) is 24.3 Å². The van der Waals surface area contributed by atoms with E-state index < -0.39 is 6.10 Å². The van der Waals surface area contributed by atoms with Crippen LogP contribution >= 0.6 is 0 Å². The van der Waals surface area contributed by atoms with Crippen LogP contribution in [-0.2, 0) is 16.0 Å². The summed E-state index contributed by atoms with van der Waals surface area (Å²) in [7, 11) is 3.39. The first-order chi connectivity index (χ1) is 10.2. The predicted molar refractivity (Wildman–Crippen MR) is 84.1 cm³/mol. The summed E-state index contributed by atoms with van der Waals surface area (Å²) < 4.78 is 10.2. The van der Waals surface area contributed by atoms with Crippen molar-refractivity contribution in [2.45, 2.75) is 19.1 Å². The van der Waals surface area contributed by atoms with Crippen molar-refractivity contribution >= 4 is 0 Å². The van der Waals surface area contributed by atoms with Crippen molar-refractivity contribution < 1.29 is 14.6 Å². The third-order valence-corrected chi connectivity index (χ3v) is 3.47. The number of aliphatic hydroxyl groups excluding tert-OH is 1. The first-order valence-electron chi connectivity index (χ1n) is 7.38. The van der Waals surface area contributed by atoms with E-state index in [0.29, 0.717) is 19.7 Å². The van der Waals surface area contributed by atoms with Crippen molar-refractivity contribution in [1.82, 2.24) is 4.90 Å². The van der Waals surface area contributed by atoms with Crippen molar-refractivity contribution in [3.05, 3.63) is 35.4 Å². The maximum Gasteiger partial charge on any atom is 0.0916 e. The van der Waals surface area contributed by atoms with Gasteiger partial charge in [-0.2, -0.15) is 0 Å². The Balaban J connectivity index is 2.53. The molecule has 5 nitrogen and oxygen atoms in total. The fourth-order valence-corrected chi connectivity index (χ4v) is 2.17. The minimum atomic E-state index is -0.503. The highest BCUT2D eigenvalue weighted by Gasteiger charge is 2.13. The number of aliphatic hydroxyl groups is 1. The Bertz CT molecular complexity index is 370. The molecule has 120 valence electrons. The third kappa shape index (κ3) is 7.02. The number of hydrogen-bond donors (Lipinski definition) is 2. The third-order valence-electron chi connectivity index (χ3n) is 3.47. The second kappa shape index (κ2) is 10.7. The van der Waals surface area contributed by atoms with Crippen LogP contribution in [-0.4, -0.2) is 57.1 Å². The van der Waals surface area contributed by atoms with E-state index in [9.17, 15) is 5.11 Å². The molecule has 0 bridgehead atoms. The first kappa shape index (κ1) is 18.1. The first-order valence-corrected chi connectivity index (χ1v) is 7.38. The Morgan fingerprint density at radius 3 is 2.33 bits per heavy atom. The molecule has 1 aromatic carbocycles. The van der Waals surface area contributed by atoms with E-state index in [4.69, 9.17) is 15.2 Å². The zero-order valence-electron chi connectivity index (χ0n) is 13.1. The van der Waals surface area contributed by atoms with Gasteiger partial charge in [-0.25, -0.2) is 0 Å². The van der Waals surface area contributed by atoms with Gasteiger partial charge in [0.05, 0.1) is 12.7 Å². The summed E-state index contributed by atoms with van der Waals surface area (Å²) in [6.45, 7) is 4.19. The quantitative estimate of drug-likeness (QED) is 0.600. The summed E-state index contributed by atoms with van der Waals surface area (Å²) >= 11 is 0. The lowest BCUT2D eigenvalue weighted by Crippen LogP contribution is -2.33. The molecule has 21 heavy (non-hydrogen) atoms. The number of benzene rings is 1. The maximum atomic E-state index is 10.4. The summed E-state index contributed by atoms with van der Waals surface area (Å²) in [5.41, 5.74) is 7.57. The lowest BCUT2D eigenvalue weighted by Gasteiger charge is -2.25. The largest absolute Gasteiger partial charge is 0.387 e. The van der Waals surface area contributed by atoms with Crippen LogP contribution in [0, 0.1) is 0 Å². The molecular formula is C16H28N2O3. The van der Waals surface area contributed by atoms with Gasteiger partial charge < -0.3 is 20.3 Å². The Hall–Kier alpha value is -0.980. The second-order valence-corrected chi connectivity index (χ2v) is 5.10. The van der Waals surface area contributed by atoms with Gasteiger partial charge in [-0.05, 0) is 17.5 Å². The molecule has 0 aliphatic carbocycles. The second-order valence-electron chi connectivity index (χ2n) is 5.10. The van der Waals surface area contributed by atoms with Crippen LogP contribution in [0.25, 0.3) is 0 Å². The van der Waals surface area contributed by atoms with Gasteiger partial charge in [-0.3, -0.25) is 4.90 Å². The molecule has 0 saturated carbocycles. The average molecular weight is 296 g/mol. The SMILES string of the molecule is COCCCN(CCOC)CC(O)c1ccc(CN)cc1. The highest BCUT2D eigenvalue weighted by Crippen LogP contribution is 2.15. The summed E-state index contributed by atoms with van der Waals surface area (Å²) in [5.74, 6) is 0. The fraction of sp³-hybridized carbons (Fsp3) is 0.625. The molecule has 3 N–H and O–H groups in total. The van der Waals surface area contributed by atoms with Crippen LogP contribution in [0.2, 0.25) is 0 Å². The highest BCUT2D eigenvalue weighted by atomic mass is 16.5. The maximum absolute atomic E-state index is 10.4. The van der Waals surface area contributed by atoms with Crippen LogP contribution in [0.15, 0.2) is 24.3 Å².